The van der Waals surface area contributed by atoms with Gasteiger partial charge in [-0.3, -0.25) is 9.48 Å². The molecule has 8 heteroatoms. The Balaban J connectivity index is 1.59. The van der Waals surface area contributed by atoms with Gasteiger partial charge in [-0.15, -0.1) is 0 Å². The number of methoxy groups -OCH3 is 1. The van der Waals surface area contributed by atoms with Gasteiger partial charge in [-0.05, 0) is 43.5 Å². The third-order valence-corrected chi connectivity index (χ3v) is 5.26. The molecule has 0 aliphatic carbocycles. The van der Waals surface area contributed by atoms with Crippen molar-refractivity contribution in [3.05, 3.63) is 48.3 Å². The van der Waals surface area contributed by atoms with Crippen LogP contribution in [-0.4, -0.2) is 59.0 Å². The molecule has 3 rings (SSSR count). The van der Waals surface area contributed by atoms with Gasteiger partial charge in [-0.2, -0.15) is 5.10 Å². The number of carbonyl (C=O) groups excluding carboxylic acids is 2. The zero-order chi connectivity index (χ0) is 20.7. The maximum Gasteiger partial charge on any atom is 0.319 e. The van der Waals surface area contributed by atoms with Crippen LogP contribution in [0.1, 0.15) is 24.8 Å². The van der Waals surface area contributed by atoms with Crippen LogP contribution >= 0.6 is 0 Å². The van der Waals surface area contributed by atoms with Crippen LogP contribution in [-0.2, 0) is 16.1 Å². The number of likely N-dealkylation sites (tertiary alicyclic amines) is 1. The number of anilines is 1. The summed E-state index contributed by atoms with van der Waals surface area (Å²) in [5.74, 6) is 0.0701. The van der Waals surface area contributed by atoms with Crippen molar-refractivity contribution in [2.75, 3.05) is 32.1 Å². The number of nitrogens with zero attached hydrogens (tertiary/aromatic N) is 3. The number of rotatable bonds is 8. The molecule has 29 heavy (non-hydrogen) atoms. The van der Waals surface area contributed by atoms with Gasteiger partial charge in [0.2, 0.25) is 5.91 Å². The van der Waals surface area contributed by atoms with Crippen molar-refractivity contribution >= 4 is 17.6 Å². The van der Waals surface area contributed by atoms with Gasteiger partial charge in [0.25, 0.3) is 0 Å². The molecule has 3 amide bonds. The van der Waals surface area contributed by atoms with Gasteiger partial charge >= 0.3 is 6.03 Å². The number of urea groups is 1. The van der Waals surface area contributed by atoms with Gasteiger partial charge in [-0.1, -0.05) is 12.1 Å². The smallest absolute Gasteiger partial charge is 0.319 e. The van der Waals surface area contributed by atoms with Gasteiger partial charge in [0.15, 0.2) is 0 Å². The summed E-state index contributed by atoms with van der Waals surface area (Å²) in [5, 5.41) is 10.1. The summed E-state index contributed by atoms with van der Waals surface area (Å²) in [5.41, 5.74) is 1.33. The quantitative estimate of drug-likeness (QED) is 0.713. The van der Waals surface area contributed by atoms with Crippen LogP contribution in [0.2, 0.25) is 0 Å². The maximum atomic E-state index is 12.6. The highest BCUT2D eigenvalue weighted by Gasteiger charge is 2.40. The monoisotopic (exact) mass is 399 g/mol. The fraction of sp³-hybridized carbons (Fsp3) is 0.476. The number of ether oxygens (including phenoxy) is 1. The van der Waals surface area contributed by atoms with E-state index in [2.05, 4.69) is 15.7 Å². The second-order valence-corrected chi connectivity index (χ2v) is 7.56. The first-order chi connectivity index (χ1) is 14.0. The van der Waals surface area contributed by atoms with Crippen molar-refractivity contribution in [3.8, 4) is 0 Å². The lowest BCUT2D eigenvalue weighted by atomic mass is 9.94. The fourth-order valence-electron chi connectivity index (χ4n) is 3.68. The van der Waals surface area contributed by atoms with Crippen LogP contribution < -0.4 is 10.6 Å². The summed E-state index contributed by atoms with van der Waals surface area (Å²) < 4.78 is 7.00. The van der Waals surface area contributed by atoms with Gasteiger partial charge in [-0.25, -0.2) is 4.79 Å². The van der Waals surface area contributed by atoms with Crippen molar-refractivity contribution in [1.29, 1.82) is 0 Å². The first-order valence-electron chi connectivity index (χ1n) is 9.90. The molecule has 0 bridgehead atoms. The normalized spacial score (nSPS) is 18.6. The summed E-state index contributed by atoms with van der Waals surface area (Å²) in [6, 6.07) is 9.23. The van der Waals surface area contributed by atoms with Crippen LogP contribution in [0, 0.1) is 6.92 Å². The molecule has 1 atom stereocenters. The van der Waals surface area contributed by atoms with Crippen molar-refractivity contribution in [1.82, 2.24) is 20.0 Å². The number of aromatic nitrogens is 2. The average Bonchev–Trinajstić information content (AvgIpc) is 3.35. The molecule has 2 aromatic rings. The van der Waals surface area contributed by atoms with Crippen molar-refractivity contribution < 1.29 is 14.3 Å². The van der Waals surface area contributed by atoms with E-state index in [4.69, 9.17) is 4.74 Å². The minimum atomic E-state index is -0.495. The Hall–Kier alpha value is -2.87. The van der Waals surface area contributed by atoms with E-state index in [1.165, 1.54) is 0 Å². The van der Waals surface area contributed by atoms with E-state index < -0.39 is 5.54 Å². The molecule has 156 valence electrons. The highest BCUT2D eigenvalue weighted by Crippen LogP contribution is 2.26. The first-order valence-corrected chi connectivity index (χ1v) is 9.90. The Morgan fingerprint density at radius 3 is 2.90 bits per heavy atom. The van der Waals surface area contributed by atoms with Crippen LogP contribution in [0.5, 0.6) is 0 Å². The van der Waals surface area contributed by atoms with Crippen LogP contribution in [0.4, 0.5) is 10.5 Å². The zero-order valence-corrected chi connectivity index (χ0v) is 17.1. The molecule has 1 unspecified atom stereocenters. The van der Waals surface area contributed by atoms with E-state index in [0.29, 0.717) is 45.5 Å². The SMILES string of the molecule is COCCC1(NC(=O)Nc2cccc(C)c2)CCN(C(=O)CCn2cccn2)C1. The first kappa shape index (κ1) is 20.9. The molecule has 1 aromatic carbocycles. The topological polar surface area (TPSA) is 88.5 Å². The Morgan fingerprint density at radius 2 is 2.17 bits per heavy atom. The van der Waals surface area contributed by atoms with E-state index in [-0.39, 0.29) is 11.9 Å². The van der Waals surface area contributed by atoms with E-state index >= 15 is 0 Å². The highest BCUT2D eigenvalue weighted by atomic mass is 16.5. The molecule has 0 spiro atoms. The number of hydrogen-bond donors (Lipinski definition) is 2. The van der Waals surface area contributed by atoms with Crippen LogP contribution in [0.15, 0.2) is 42.7 Å². The van der Waals surface area contributed by atoms with Crippen molar-refractivity contribution in [2.24, 2.45) is 0 Å². The third kappa shape index (κ3) is 5.80. The summed E-state index contributed by atoms with van der Waals surface area (Å²) in [4.78, 5) is 27.1. The molecular formula is C21H29N5O3. The number of hydrogen-bond acceptors (Lipinski definition) is 4. The molecule has 1 aliphatic heterocycles. The number of nitrogens with one attached hydrogen (secondary N) is 2. The number of carbonyl (C=O) groups is 2. The summed E-state index contributed by atoms with van der Waals surface area (Å²) in [6.45, 7) is 4.14. The van der Waals surface area contributed by atoms with Gasteiger partial charge < -0.3 is 20.3 Å². The lowest BCUT2D eigenvalue weighted by Crippen LogP contribution is -2.53. The van der Waals surface area contributed by atoms with Gasteiger partial charge in [0.1, 0.15) is 0 Å². The molecule has 8 nitrogen and oxygen atoms in total. The number of benzene rings is 1. The molecular weight excluding hydrogens is 370 g/mol. The predicted octanol–water partition coefficient (Wildman–Crippen LogP) is 2.41. The largest absolute Gasteiger partial charge is 0.385 e. The minimum Gasteiger partial charge on any atom is -0.385 e. The molecule has 1 aromatic heterocycles. The molecule has 1 saturated heterocycles. The Bertz CT molecular complexity index is 823. The van der Waals surface area contributed by atoms with Crippen LogP contribution in [0.3, 0.4) is 0 Å². The second-order valence-electron chi connectivity index (χ2n) is 7.56. The average molecular weight is 399 g/mol. The molecule has 2 N–H and O–H groups in total. The van der Waals surface area contributed by atoms with E-state index in [1.54, 1.807) is 18.0 Å². The minimum absolute atomic E-state index is 0.0701. The Morgan fingerprint density at radius 1 is 1.31 bits per heavy atom. The van der Waals surface area contributed by atoms with E-state index in [0.717, 1.165) is 11.3 Å². The lowest BCUT2D eigenvalue weighted by molar-refractivity contribution is -0.130. The summed E-state index contributed by atoms with van der Waals surface area (Å²) in [6.07, 6.45) is 5.28. The second kappa shape index (κ2) is 9.56. The summed E-state index contributed by atoms with van der Waals surface area (Å²) in [7, 11) is 1.64. The van der Waals surface area contributed by atoms with Crippen molar-refractivity contribution in [2.45, 2.75) is 38.3 Å². The van der Waals surface area contributed by atoms with Crippen LogP contribution in [0.25, 0.3) is 0 Å². The molecule has 1 aliphatic rings. The standard InChI is InChI=1S/C21H29N5O3/c1-17-5-3-6-18(15-17)23-20(28)24-21(9-14-29-2)8-13-25(16-21)19(27)7-12-26-11-4-10-22-26/h3-6,10-11,15H,7-9,12-14,16H2,1-2H3,(H2,23,24,28). The third-order valence-electron chi connectivity index (χ3n) is 5.26. The van der Waals surface area contributed by atoms with E-state index in [1.807, 2.05) is 48.4 Å². The Labute approximate surface area is 171 Å². The fourth-order valence-corrected chi connectivity index (χ4v) is 3.68. The predicted molar refractivity (Wildman–Crippen MR) is 111 cm³/mol. The molecule has 0 saturated carbocycles. The van der Waals surface area contributed by atoms with E-state index in [9.17, 15) is 9.59 Å². The number of aryl methyl sites for hydroxylation is 2. The van der Waals surface area contributed by atoms with Gasteiger partial charge in [0, 0.05) is 57.9 Å². The molecule has 0 radical (unpaired) electrons. The maximum absolute atomic E-state index is 12.6. The zero-order valence-electron chi connectivity index (χ0n) is 17.1. The molecule has 2 heterocycles. The molecule has 1 fully saturated rings. The Kier molecular flexibility index (Phi) is 6.87. The lowest BCUT2D eigenvalue weighted by Gasteiger charge is -2.30. The summed E-state index contributed by atoms with van der Waals surface area (Å²) >= 11 is 0. The van der Waals surface area contributed by atoms with Gasteiger partial charge in [0.05, 0.1) is 5.54 Å². The number of amides is 3. The highest BCUT2D eigenvalue weighted by molar-refractivity contribution is 5.90. The van der Waals surface area contributed by atoms with Crippen molar-refractivity contribution in [3.63, 3.8) is 0 Å².